The lowest BCUT2D eigenvalue weighted by Gasteiger charge is -2.31. The number of carbonyl (C=O) groups is 2. The average Bonchev–Trinajstić information content (AvgIpc) is 3.30. The second-order valence-corrected chi connectivity index (χ2v) is 8.76. The fourth-order valence-electron chi connectivity index (χ4n) is 3.77. The van der Waals surface area contributed by atoms with Crippen LogP contribution in [0.5, 0.6) is 0 Å². The SMILES string of the molecule is COCCOCCOCC(=O)N1CCC(c2nc(C(=O)NN3CCCCC3)cs2)CC1. The van der Waals surface area contributed by atoms with E-state index < -0.39 is 0 Å². The number of ether oxygens (including phenoxy) is 3. The van der Waals surface area contributed by atoms with Crippen molar-refractivity contribution in [2.45, 2.75) is 38.0 Å². The van der Waals surface area contributed by atoms with Gasteiger partial charge in [0.1, 0.15) is 12.3 Å². The first-order valence-electron chi connectivity index (χ1n) is 11.1. The Bertz CT molecular complexity index is 687. The predicted molar refractivity (Wildman–Crippen MR) is 117 cm³/mol. The molecule has 0 aliphatic carbocycles. The zero-order valence-electron chi connectivity index (χ0n) is 18.3. The van der Waals surface area contributed by atoms with Crippen LogP contribution in [0.3, 0.4) is 0 Å². The molecule has 31 heavy (non-hydrogen) atoms. The van der Waals surface area contributed by atoms with Crippen molar-refractivity contribution in [1.82, 2.24) is 20.3 Å². The molecular formula is C21H34N4O5S. The molecule has 0 bridgehead atoms. The lowest BCUT2D eigenvalue weighted by molar-refractivity contribution is -0.137. The van der Waals surface area contributed by atoms with E-state index in [0.29, 0.717) is 51.1 Å². The van der Waals surface area contributed by atoms with Crippen LogP contribution in [0, 0.1) is 0 Å². The van der Waals surface area contributed by atoms with Gasteiger partial charge < -0.3 is 19.1 Å². The number of hydrazine groups is 1. The van der Waals surface area contributed by atoms with Crippen molar-refractivity contribution in [3.8, 4) is 0 Å². The van der Waals surface area contributed by atoms with E-state index in [-0.39, 0.29) is 18.4 Å². The number of nitrogens with one attached hydrogen (secondary N) is 1. The van der Waals surface area contributed by atoms with Gasteiger partial charge >= 0.3 is 0 Å². The van der Waals surface area contributed by atoms with E-state index in [9.17, 15) is 9.59 Å². The maximum Gasteiger partial charge on any atom is 0.285 e. The second kappa shape index (κ2) is 13.1. The van der Waals surface area contributed by atoms with Crippen molar-refractivity contribution in [3.05, 3.63) is 16.1 Å². The lowest BCUT2D eigenvalue weighted by Crippen LogP contribution is -2.45. The number of aromatic nitrogens is 1. The first-order valence-corrected chi connectivity index (χ1v) is 12.0. The van der Waals surface area contributed by atoms with Crippen LogP contribution in [0.25, 0.3) is 0 Å². The molecule has 3 rings (SSSR count). The quantitative estimate of drug-likeness (QED) is 0.508. The molecular weight excluding hydrogens is 420 g/mol. The van der Waals surface area contributed by atoms with Crippen molar-refractivity contribution < 1.29 is 23.8 Å². The Hall–Kier alpha value is -1.59. The van der Waals surface area contributed by atoms with Gasteiger partial charge in [0.05, 0.1) is 31.4 Å². The minimum atomic E-state index is -0.125. The van der Waals surface area contributed by atoms with E-state index in [4.69, 9.17) is 14.2 Å². The van der Waals surface area contributed by atoms with E-state index in [0.717, 1.165) is 43.8 Å². The van der Waals surface area contributed by atoms with Crippen LogP contribution in [0.15, 0.2) is 5.38 Å². The summed E-state index contributed by atoms with van der Waals surface area (Å²) in [6, 6.07) is 0. The van der Waals surface area contributed by atoms with E-state index in [1.54, 1.807) is 7.11 Å². The second-order valence-electron chi connectivity index (χ2n) is 7.87. The van der Waals surface area contributed by atoms with Crippen molar-refractivity contribution in [1.29, 1.82) is 0 Å². The molecule has 0 spiro atoms. The first kappa shape index (κ1) is 24.1. The van der Waals surface area contributed by atoms with Crippen LogP contribution in [-0.4, -0.2) is 93.0 Å². The summed E-state index contributed by atoms with van der Waals surface area (Å²) in [7, 11) is 1.63. The number of piperidine rings is 2. The Labute approximate surface area is 188 Å². The number of carbonyl (C=O) groups excluding carboxylic acids is 2. The molecule has 2 aliphatic heterocycles. The minimum Gasteiger partial charge on any atom is -0.382 e. The van der Waals surface area contributed by atoms with Crippen molar-refractivity contribution in [2.75, 3.05) is 66.3 Å². The van der Waals surface area contributed by atoms with Gasteiger partial charge in [-0.15, -0.1) is 11.3 Å². The summed E-state index contributed by atoms with van der Waals surface area (Å²) in [4.78, 5) is 31.2. The first-order chi connectivity index (χ1) is 15.2. The molecule has 2 saturated heterocycles. The Morgan fingerprint density at radius 2 is 1.77 bits per heavy atom. The topological polar surface area (TPSA) is 93.2 Å². The number of hydrogen-bond donors (Lipinski definition) is 1. The molecule has 0 saturated carbocycles. The van der Waals surface area contributed by atoms with Gasteiger partial charge in [-0.25, -0.2) is 9.99 Å². The molecule has 1 aromatic heterocycles. The van der Waals surface area contributed by atoms with E-state index in [1.807, 2.05) is 15.3 Å². The van der Waals surface area contributed by atoms with Gasteiger partial charge in [-0.3, -0.25) is 15.0 Å². The van der Waals surface area contributed by atoms with Gasteiger partial charge in [-0.05, 0) is 25.7 Å². The van der Waals surface area contributed by atoms with Gasteiger partial charge in [0.15, 0.2) is 0 Å². The van der Waals surface area contributed by atoms with E-state index >= 15 is 0 Å². The highest BCUT2D eigenvalue weighted by Crippen LogP contribution is 2.30. The zero-order chi connectivity index (χ0) is 21.9. The number of rotatable bonds is 11. The summed E-state index contributed by atoms with van der Waals surface area (Å²) in [6.45, 7) is 5.19. The standard InChI is InChI=1S/C21H34N4O5S/c1-28-11-12-29-13-14-30-15-19(26)24-9-5-17(6-10-24)21-22-18(16-31-21)20(27)23-25-7-3-2-4-8-25/h16-17H,2-15H2,1H3,(H,23,27). The molecule has 9 nitrogen and oxygen atoms in total. The summed E-state index contributed by atoms with van der Waals surface area (Å²) < 4.78 is 15.6. The average molecular weight is 455 g/mol. The van der Waals surface area contributed by atoms with Crippen LogP contribution >= 0.6 is 11.3 Å². The van der Waals surface area contributed by atoms with Crippen LogP contribution < -0.4 is 5.43 Å². The Kier molecular flexibility index (Phi) is 10.1. The molecule has 1 aromatic rings. The number of hydrogen-bond acceptors (Lipinski definition) is 8. The third kappa shape index (κ3) is 7.80. The van der Waals surface area contributed by atoms with E-state index in [2.05, 4.69) is 10.4 Å². The van der Waals surface area contributed by atoms with Gasteiger partial charge in [0, 0.05) is 44.6 Å². The summed E-state index contributed by atoms with van der Waals surface area (Å²) in [6.07, 6.45) is 5.17. The van der Waals surface area contributed by atoms with Gasteiger partial charge in [0.25, 0.3) is 5.91 Å². The molecule has 0 atom stereocenters. The number of likely N-dealkylation sites (tertiary alicyclic amines) is 1. The van der Waals surface area contributed by atoms with Crippen LogP contribution in [0.1, 0.15) is 53.5 Å². The molecule has 0 radical (unpaired) electrons. The molecule has 0 aromatic carbocycles. The van der Waals surface area contributed by atoms with E-state index in [1.165, 1.54) is 17.8 Å². The molecule has 2 aliphatic rings. The zero-order valence-corrected chi connectivity index (χ0v) is 19.2. The van der Waals surface area contributed by atoms with Crippen molar-refractivity contribution in [3.63, 3.8) is 0 Å². The Morgan fingerprint density at radius 1 is 1.06 bits per heavy atom. The Balaban J connectivity index is 1.35. The molecule has 10 heteroatoms. The lowest BCUT2D eigenvalue weighted by atomic mass is 9.97. The third-order valence-corrected chi connectivity index (χ3v) is 6.60. The Morgan fingerprint density at radius 3 is 2.52 bits per heavy atom. The summed E-state index contributed by atoms with van der Waals surface area (Å²) in [5, 5.41) is 4.82. The van der Waals surface area contributed by atoms with Crippen LogP contribution in [0.2, 0.25) is 0 Å². The highest BCUT2D eigenvalue weighted by Gasteiger charge is 2.26. The highest BCUT2D eigenvalue weighted by atomic mass is 32.1. The fourth-order valence-corrected chi connectivity index (χ4v) is 4.75. The number of nitrogens with zero attached hydrogens (tertiary/aromatic N) is 3. The normalized spacial score (nSPS) is 18.3. The smallest absolute Gasteiger partial charge is 0.285 e. The molecule has 3 heterocycles. The monoisotopic (exact) mass is 454 g/mol. The van der Waals surface area contributed by atoms with Gasteiger partial charge in [-0.2, -0.15) is 0 Å². The molecule has 174 valence electrons. The number of amides is 2. The van der Waals surface area contributed by atoms with Crippen LogP contribution in [0.4, 0.5) is 0 Å². The van der Waals surface area contributed by atoms with Crippen molar-refractivity contribution >= 4 is 23.2 Å². The summed E-state index contributed by atoms with van der Waals surface area (Å²) in [5.74, 6) is 0.178. The molecule has 2 fully saturated rings. The van der Waals surface area contributed by atoms with Crippen LogP contribution in [-0.2, 0) is 19.0 Å². The minimum absolute atomic E-state index is 0.0103. The predicted octanol–water partition coefficient (Wildman–Crippen LogP) is 1.66. The fraction of sp³-hybridized carbons (Fsp3) is 0.762. The number of methoxy groups -OCH3 is 1. The van der Waals surface area contributed by atoms with Crippen molar-refractivity contribution in [2.24, 2.45) is 0 Å². The molecule has 0 unspecified atom stereocenters. The largest absolute Gasteiger partial charge is 0.382 e. The molecule has 1 N–H and O–H groups in total. The van der Waals surface area contributed by atoms with Gasteiger partial charge in [-0.1, -0.05) is 6.42 Å². The maximum atomic E-state index is 12.5. The summed E-state index contributed by atoms with van der Waals surface area (Å²) in [5.41, 5.74) is 3.46. The maximum absolute atomic E-state index is 12.5. The number of thiazole rings is 1. The summed E-state index contributed by atoms with van der Waals surface area (Å²) >= 11 is 1.54. The highest BCUT2D eigenvalue weighted by molar-refractivity contribution is 7.09. The molecule has 2 amide bonds. The third-order valence-electron chi connectivity index (χ3n) is 5.60. The van der Waals surface area contributed by atoms with Gasteiger partial charge in [0.2, 0.25) is 5.91 Å².